The van der Waals surface area contributed by atoms with Crippen LogP contribution in [0.2, 0.25) is 0 Å². The first-order valence-corrected chi connectivity index (χ1v) is 11.7. The topological polar surface area (TPSA) is 74.4 Å². The molecule has 0 spiro atoms. The van der Waals surface area contributed by atoms with Gasteiger partial charge < -0.3 is 15.2 Å². The fraction of sp³-hybridized carbons (Fsp3) is 0.241. The van der Waals surface area contributed by atoms with Crippen LogP contribution in [-0.2, 0) is 22.4 Å². The minimum absolute atomic E-state index is 0.0706. The number of fused-ring (bicyclic) bond motifs is 2. The summed E-state index contributed by atoms with van der Waals surface area (Å²) in [4.78, 5) is 16.3. The standard InChI is InChI=1S/C29H28N2O3/c1-3-33-28(32)17-19-7-4-5-10-26(19)34-27-12-11-21-18(2)15-20(16-25(21)27)22-8-6-9-24-23(22)13-14-31-29(24)30/h4-10,13-16,27H,3,11-12,17H2,1-2H3,(H2,30,31). The molecule has 4 aromatic rings. The first kappa shape index (κ1) is 22.0. The van der Waals surface area contributed by atoms with Gasteiger partial charge in [-0.15, -0.1) is 0 Å². The first-order valence-electron chi connectivity index (χ1n) is 11.7. The van der Waals surface area contributed by atoms with Crippen molar-refractivity contribution in [2.45, 2.75) is 39.2 Å². The van der Waals surface area contributed by atoms with Gasteiger partial charge >= 0.3 is 5.97 Å². The van der Waals surface area contributed by atoms with Gasteiger partial charge in [-0.2, -0.15) is 0 Å². The number of esters is 1. The minimum Gasteiger partial charge on any atom is -0.485 e. The van der Waals surface area contributed by atoms with Gasteiger partial charge in [-0.3, -0.25) is 4.79 Å². The molecule has 0 amide bonds. The van der Waals surface area contributed by atoms with Gasteiger partial charge in [0.05, 0.1) is 13.0 Å². The number of benzene rings is 3. The largest absolute Gasteiger partial charge is 0.485 e. The van der Waals surface area contributed by atoms with Crippen molar-refractivity contribution in [2.24, 2.45) is 0 Å². The van der Waals surface area contributed by atoms with Crippen LogP contribution in [0.1, 0.15) is 41.7 Å². The lowest BCUT2D eigenvalue weighted by atomic mass is 9.93. The van der Waals surface area contributed by atoms with E-state index in [9.17, 15) is 4.79 Å². The third-order valence-corrected chi connectivity index (χ3v) is 6.54. The number of hydrogen-bond donors (Lipinski definition) is 1. The van der Waals surface area contributed by atoms with Crippen molar-refractivity contribution in [1.82, 2.24) is 4.98 Å². The predicted octanol–water partition coefficient (Wildman–Crippen LogP) is 5.96. The molecule has 1 atom stereocenters. The van der Waals surface area contributed by atoms with Crippen LogP contribution in [-0.4, -0.2) is 17.6 Å². The second-order valence-electron chi connectivity index (χ2n) is 8.69. The lowest BCUT2D eigenvalue weighted by Gasteiger charge is -2.19. The number of rotatable bonds is 6. The number of ether oxygens (including phenoxy) is 2. The third kappa shape index (κ3) is 4.10. The van der Waals surface area contributed by atoms with Gasteiger partial charge in [-0.25, -0.2) is 4.98 Å². The third-order valence-electron chi connectivity index (χ3n) is 6.54. The number of nitrogens with two attached hydrogens (primary N) is 1. The van der Waals surface area contributed by atoms with Crippen molar-refractivity contribution < 1.29 is 14.3 Å². The summed E-state index contributed by atoms with van der Waals surface area (Å²) in [6.45, 7) is 4.35. The number of carbonyl (C=O) groups is 1. The van der Waals surface area contributed by atoms with Crippen LogP contribution < -0.4 is 10.5 Å². The summed E-state index contributed by atoms with van der Waals surface area (Å²) in [5.74, 6) is 1.03. The number of carbonyl (C=O) groups excluding carboxylic acids is 1. The number of pyridine rings is 1. The average Bonchev–Trinajstić information content (AvgIpc) is 3.24. The summed E-state index contributed by atoms with van der Waals surface area (Å²) in [7, 11) is 0. The Morgan fingerprint density at radius 1 is 1.09 bits per heavy atom. The Bertz CT molecular complexity index is 1380. The smallest absolute Gasteiger partial charge is 0.310 e. The molecule has 0 radical (unpaired) electrons. The highest BCUT2D eigenvalue weighted by Crippen LogP contribution is 2.41. The van der Waals surface area contributed by atoms with Crippen molar-refractivity contribution in [3.8, 4) is 16.9 Å². The van der Waals surface area contributed by atoms with Crippen molar-refractivity contribution in [3.63, 3.8) is 0 Å². The van der Waals surface area contributed by atoms with E-state index in [-0.39, 0.29) is 18.5 Å². The maximum atomic E-state index is 12.1. The van der Waals surface area contributed by atoms with Crippen LogP contribution in [0.3, 0.4) is 0 Å². The molecule has 0 fully saturated rings. The Kier molecular flexibility index (Phi) is 5.93. The maximum absolute atomic E-state index is 12.1. The summed E-state index contributed by atoms with van der Waals surface area (Å²) in [6, 6.07) is 20.4. The van der Waals surface area contributed by atoms with E-state index in [1.54, 1.807) is 6.20 Å². The fourth-order valence-corrected chi connectivity index (χ4v) is 4.95. The van der Waals surface area contributed by atoms with Crippen LogP contribution in [0.4, 0.5) is 5.82 Å². The Hall–Kier alpha value is -3.86. The van der Waals surface area contributed by atoms with Gasteiger partial charge in [0, 0.05) is 17.1 Å². The fourth-order valence-electron chi connectivity index (χ4n) is 4.95. The van der Waals surface area contributed by atoms with Crippen molar-refractivity contribution >= 4 is 22.6 Å². The molecule has 1 aromatic heterocycles. The Morgan fingerprint density at radius 2 is 1.94 bits per heavy atom. The average molecular weight is 453 g/mol. The number of anilines is 1. The lowest BCUT2D eigenvalue weighted by Crippen LogP contribution is -2.10. The highest BCUT2D eigenvalue weighted by Gasteiger charge is 2.27. The van der Waals surface area contributed by atoms with Crippen molar-refractivity contribution in [3.05, 3.63) is 89.1 Å². The molecule has 1 aliphatic carbocycles. The van der Waals surface area contributed by atoms with E-state index in [4.69, 9.17) is 15.2 Å². The van der Waals surface area contributed by atoms with Crippen LogP contribution in [0.15, 0.2) is 66.9 Å². The molecule has 1 heterocycles. The Labute approximate surface area is 199 Å². The SMILES string of the molecule is CCOC(=O)Cc1ccccc1OC1CCc2c(C)cc(-c3cccc4c(N)nccc34)cc21. The zero-order valence-corrected chi connectivity index (χ0v) is 19.5. The zero-order chi connectivity index (χ0) is 23.7. The Balaban J connectivity index is 1.51. The second-order valence-corrected chi connectivity index (χ2v) is 8.69. The first-order chi connectivity index (χ1) is 16.5. The molecular weight excluding hydrogens is 424 g/mol. The van der Waals surface area contributed by atoms with Gasteiger partial charge in [-0.05, 0) is 78.1 Å². The van der Waals surface area contributed by atoms with Crippen molar-refractivity contribution in [1.29, 1.82) is 0 Å². The molecule has 34 heavy (non-hydrogen) atoms. The number of nitrogen functional groups attached to an aromatic ring is 1. The monoisotopic (exact) mass is 452 g/mol. The van der Waals surface area contributed by atoms with Gasteiger partial charge in [0.1, 0.15) is 17.7 Å². The Morgan fingerprint density at radius 3 is 2.79 bits per heavy atom. The van der Waals surface area contributed by atoms with Crippen LogP contribution in [0.25, 0.3) is 21.9 Å². The highest BCUT2D eigenvalue weighted by molar-refractivity contribution is 6.01. The lowest BCUT2D eigenvalue weighted by molar-refractivity contribution is -0.142. The summed E-state index contributed by atoms with van der Waals surface area (Å²) in [5.41, 5.74) is 13.1. The molecule has 5 nitrogen and oxygen atoms in total. The van der Waals surface area contributed by atoms with Gasteiger partial charge in [0.25, 0.3) is 0 Å². The summed E-state index contributed by atoms with van der Waals surface area (Å²) >= 11 is 0. The normalized spacial score (nSPS) is 14.7. The maximum Gasteiger partial charge on any atom is 0.310 e. The number of aromatic nitrogens is 1. The number of aryl methyl sites for hydroxylation is 1. The van der Waals surface area contributed by atoms with Crippen molar-refractivity contribution in [2.75, 3.05) is 12.3 Å². The van der Waals surface area contributed by atoms with Gasteiger partial charge in [0.2, 0.25) is 0 Å². The van der Waals surface area contributed by atoms with E-state index in [0.29, 0.717) is 12.4 Å². The molecule has 172 valence electrons. The van der Waals surface area contributed by atoms with Crippen LogP contribution in [0.5, 0.6) is 5.75 Å². The molecule has 0 aliphatic heterocycles. The van der Waals surface area contributed by atoms with E-state index >= 15 is 0 Å². The van der Waals surface area contributed by atoms with E-state index in [0.717, 1.165) is 46.1 Å². The predicted molar refractivity (Wildman–Crippen MR) is 135 cm³/mol. The molecule has 3 aromatic carbocycles. The molecule has 5 heteroatoms. The molecule has 0 saturated heterocycles. The number of para-hydroxylation sites is 1. The second kappa shape index (κ2) is 9.18. The molecule has 1 aliphatic rings. The van der Waals surface area contributed by atoms with Gasteiger partial charge in [-0.1, -0.05) is 42.5 Å². The molecular formula is C29H28N2O3. The zero-order valence-electron chi connectivity index (χ0n) is 19.5. The van der Waals surface area contributed by atoms with Crippen LogP contribution >= 0.6 is 0 Å². The summed E-state index contributed by atoms with van der Waals surface area (Å²) in [5, 5.41) is 2.04. The molecule has 2 N–H and O–H groups in total. The van der Waals surface area contributed by atoms with Gasteiger partial charge in [0.15, 0.2) is 0 Å². The molecule has 1 unspecified atom stereocenters. The van der Waals surface area contributed by atoms with Crippen LogP contribution in [0, 0.1) is 6.92 Å². The number of nitrogens with zero attached hydrogens (tertiary/aromatic N) is 1. The summed E-state index contributed by atoms with van der Waals surface area (Å²) < 4.78 is 11.7. The molecule has 0 saturated carbocycles. The van der Waals surface area contributed by atoms with E-state index in [1.165, 1.54) is 16.7 Å². The highest BCUT2D eigenvalue weighted by atomic mass is 16.5. The minimum atomic E-state index is -0.242. The molecule has 0 bridgehead atoms. The summed E-state index contributed by atoms with van der Waals surface area (Å²) in [6.07, 6.45) is 3.76. The number of hydrogen-bond acceptors (Lipinski definition) is 5. The van der Waals surface area contributed by atoms with E-state index in [1.807, 2.05) is 49.4 Å². The van der Waals surface area contributed by atoms with E-state index in [2.05, 4.69) is 30.1 Å². The quantitative estimate of drug-likeness (QED) is 0.365. The molecule has 5 rings (SSSR count). The van der Waals surface area contributed by atoms with E-state index < -0.39 is 0 Å².